The zero-order valence-corrected chi connectivity index (χ0v) is 19.7. The number of rotatable bonds is 12. The molecule has 0 saturated heterocycles. The molecule has 0 aliphatic heterocycles. The van der Waals surface area contributed by atoms with E-state index in [2.05, 4.69) is 69.5 Å². The van der Waals surface area contributed by atoms with Crippen molar-refractivity contribution < 1.29 is 0 Å². The van der Waals surface area contributed by atoms with Gasteiger partial charge < -0.3 is 0 Å². The maximum absolute atomic E-state index is 4.91. The predicted molar refractivity (Wildman–Crippen MR) is 131 cm³/mol. The number of benzene rings is 2. The highest BCUT2D eigenvalue weighted by atomic mass is 15.5. The summed E-state index contributed by atoms with van der Waals surface area (Å²) in [5.74, 6) is 2.66. The Morgan fingerprint density at radius 2 is 1.61 bits per heavy atom. The van der Waals surface area contributed by atoms with Crippen LogP contribution in [0.5, 0.6) is 0 Å². The van der Waals surface area contributed by atoms with Crippen molar-refractivity contribution in [3.8, 4) is 22.5 Å². The van der Waals surface area contributed by atoms with E-state index in [0.717, 1.165) is 60.6 Å². The SMILES string of the molecule is CCCCCc1nc(Cc2ccc(-c3ccccc3-c3nn[nH]n3)cc2)n(CCCCC)n1. The molecule has 4 rings (SSSR count). The van der Waals surface area contributed by atoms with E-state index >= 15 is 0 Å². The topological polar surface area (TPSA) is 85.2 Å². The minimum Gasteiger partial charge on any atom is -0.249 e. The molecule has 0 saturated carbocycles. The van der Waals surface area contributed by atoms with Crippen molar-refractivity contribution in [1.82, 2.24) is 35.4 Å². The van der Waals surface area contributed by atoms with Crippen molar-refractivity contribution in [3.63, 3.8) is 0 Å². The molecule has 0 radical (unpaired) electrons. The first-order valence-electron chi connectivity index (χ1n) is 12.1. The van der Waals surface area contributed by atoms with Gasteiger partial charge in [0, 0.05) is 24.9 Å². The van der Waals surface area contributed by atoms with Crippen molar-refractivity contribution >= 4 is 0 Å². The fourth-order valence-electron chi connectivity index (χ4n) is 4.08. The number of H-pyrrole nitrogens is 1. The van der Waals surface area contributed by atoms with Gasteiger partial charge in [0.2, 0.25) is 5.82 Å². The average molecular weight is 444 g/mol. The first-order valence-corrected chi connectivity index (χ1v) is 12.1. The molecule has 0 unspecified atom stereocenters. The van der Waals surface area contributed by atoms with Crippen molar-refractivity contribution in [1.29, 1.82) is 0 Å². The fourth-order valence-corrected chi connectivity index (χ4v) is 4.08. The van der Waals surface area contributed by atoms with Gasteiger partial charge in [0.05, 0.1) is 0 Å². The van der Waals surface area contributed by atoms with E-state index in [1.807, 2.05) is 18.2 Å². The summed E-state index contributed by atoms with van der Waals surface area (Å²) < 4.78 is 2.14. The third-order valence-corrected chi connectivity index (χ3v) is 5.91. The van der Waals surface area contributed by atoms with Crippen molar-refractivity contribution in [3.05, 3.63) is 65.7 Å². The van der Waals surface area contributed by atoms with E-state index in [1.165, 1.54) is 31.2 Å². The number of nitrogens with zero attached hydrogens (tertiary/aromatic N) is 6. The Kier molecular flexibility index (Phi) is 7.95. The maximum atomic E-state index is 4.91. The van der Waals surface area contributed by atoms with Crippen LogP contribution in [0.3, 0.4) is 0 Å². The quantitative estimate of drug-likeness (QED) is 0.286. The van der Waals surface area contributed by atoms with E-state index in [0.29, 0.717) is 5.82 Å². The largest absolute Gasteiger partial charge is 0.249 e. The molecule has 33 heavy (non-hydrogen) atoms. The van der Waals surface area contributed by atoms with E-state index in [1.54, 1.807) is 0 Å². The van der Waals surface area contributed by atoms with Crippen LogP contribution in [0.1, 0.15) is 69.6 Å². The van der Waals surface area contributed by atoms with Gasteiger partial charge in [-0.05, 0) is 34.7 Å². The summed E-state index contributed by atoms with van der Waals surface area (Å²) in [4.78, 5) is 4.91. The van der Waals surface area contributed by atoms with Gasteiger partial charge >= 0.3 is 0 Å². The normalized spacial score (nSPS) is 11.2. The highest BCUT2D eigenvalue weighted by Gasteiger charge is 2.13. The van der Waals surface area contributed by atoms with Gasteiger partial charge in [-0.15, -0.1) is 10.2 Å². The molecular weight excluding hydrogens is 410 g/mol. The summed E-state index contributed by atoms with van der Waals surface area (Å²) in [7, 11) is 0. The predicted octanol–water partition coefficient (Wildman–Crippen LogP) is 5.64. The van der Waals surface area contributed by atoms with Gasteiger partial charge in [-0.25, -0.2) is 9.67 Å². The molecule has 0 bridgehead atoms. The Hall–Kier alpha value is -3.35. The molecule has 2 aromatic carbocycles. The second-order valence-electron chi connectivity index (χ2n) is 8.49. The number of unbranched alkanes of at least 4 members (excludes halogenated alkanes) is 4. The maximum Gasteiger partial charge on any atom is 0.205 e. The van der Waals surface area contributed by atoms with Gasteiger partial charge in [-0.1, -0.05) is 88.1 Å². The Balaban J connectivity index is 1.52. The standard InChI is InChI=1S/C26H33N7/c1-3-5-7-13-24-27-25(33(30-24)18-10-6-4-2)19-20-14-16-21(17-15-20)22-11-8-9-12-23(22)26-28-31-32-29-26/h8-9,11-12,14-17H,3-7,10,13,18-19H2,1-2H3,(H,28,29,31,32). The second-order valence-corrected chi connectivity index (χ2v) is 8.49. The third kappa shape index (κ3) is 5.92. The molecule has 0 fully saturated rings. The van der Waals surface area contributed by atoms with Crippen LogP contribution >= 0.6 is 0 Å². The number of nitrogens with one attached hydrogen (secondary N) is 1. The minimum absolute atomic E-state index is 0.602. The third-order valence-electron chi connectivity index (χ3n) is 5.91. The monoisotopic (exact) mass is 443 g/mol. The van der Waals surface area contributed by atoms with Crippen LogP contribution in [0.2, 0.25) is 0 Å². The molecule has 0 amide bonds. The zero-order valence-electron chi connectivity index (χ0n) is 19.7. The number of tetrazole rings is 1. The summed E-state index contributed by atoms with van der Waals surface area (Å²) >= 11 is 0. The first kappa shape index (κ1) is 22.8. The number of hydrogen-bond acceptors (Lipinski definition) is 5. The molecule has 4 aromatic rings. The van der Waals surface area contributed by atoms with Gasteiger partial charge in [0.1, 0.15) is 5.82 Å². The summed E-state index contributed by atoms with van der Waals surface area (Å²) in [6.45, 7) is 5.41. The number of aromatic amines is 1. The Bertz CT molecular complexity index is 1110. The summed E-state index contributed by atoms with van der Waals surface area (Å²) in [6.07, 6.45) is 8.93. The van der Waals surface area contributed by atoms with E-state index in [-0.39, 0.29) is 0 Å². The molecular formula is C26H33N7. The van der Waals surface area contributed by atoms with Crippen molar-refractivity contribution in [2.24, 2.45) is 0 Å². The van der Waals surface area contributed by atoms with E-state index in [4.69, 9.17) is 10.1 Å². The molecule has 2 heterocycles. The molecule has 0 aliphatic rings. The van der Waals surface area contributed by atoms with Crippen LogP contribution in [0, 0.1) is 0 Å². The van der Waals surface area contributed by atoms with Crippen LogP contribution in [-0.4, -0.2) is 35.4 Å². The Labute approximate surface area is 195 Å². The average Bonchev–Trinajstić information content (AvgIpc) is 3.51. The molecule has 0 atom stereocenters. The van der Waals surface area contributed by atoms with Crippen molar-refractivity contribution in [2.75, 3.05) is 0 Å². The summed E-state index contributed by atoms with van der Waals surface area (Å²) in [5, 5.41) is 19.4. The highest BCUT2D eigenvalue weighted by molar-refractivity contribution is 5.80. The molecule has 1 N–H and O–H groups in total. The van der Waals surface area contributed by atoms with Gasteiger partial charge in [-0.3, -0.25) is 0 Å². The lowest BCUT2D eigenvalue weighted by Crippen LogP contribution is -2.07. The Morgan fingerprint density at radius 3 is 2.33 bits per heavy atom. The van der Waals surface area contributed by atoms with Crippen LogP contribution in [0.25, 0.3) is 22.5 Å². The van der Waals surface area contributed by atoms with Gasteiger partial charge in [0.15, 0.2) is 5.82 Å². The lowest BCUT2D eigenvalue weighted by molar-refractivity contribution is 0.530. The van der Waals surface area contributed by atoms with Crippen LogP contribution in [0.4, 0.5) is 0 Å². The van der Waals surface area contributed by atoms with Crippen LogP contribution in [0.15, 0.2) is 48.5 Å². The zero-order chi connectivity index (χ0) is 22.9. The van der Waals surface area contributed by atoms with Gasteiger partial charge in [-0.2, -0.15) is 10.3 Å². The molecule has 0 aliphatic carbocycles. The summed E-state index contributed by atoms with van der Waals surface area (Å²) in [5.41, 5.74) is 4.42. The van der Waals surface area contributed by atoms with E-state index < -0.39 is 0 Å². The first-order chi connectivity index (χ1) is 16.3. The smallest absolute Gasteiger partial charge is 0.205 e. The molecule has 7 nitrogen and oxygen atoms in total. The number of aryl methyl sites for hydroxylation is 2. The molecule has 172 valence electrons. The van der Waals surface area contributed by atoms with Crippen LogP contribution < -0.4 is 0 Å². The van der Waals surface area contributed by atoms with Crippen LogP contribution in [-0.2, 0) is 19.4 Å². The fraction of sp³-hybridized carbons (Fsp3) is 0.423. The number of hydrogen-bond donors (Lipinski definition) is 1. The molecule has 2 aromatic heterocycles. The van der Waals surface area contributed by atoms with Gasteiger partial charge in [0.25, 0.3) is 0 Å². The highest BCUT2D eigenvalue weighted by Crippen LogP contribution is 2.30. The molecule has 0 spiro atoms. The lowest BCUT2D eigenvalue weighted by atomic mass is 9.98. The lowest BCUT2D eigenvalue weighted by Gasteiger charge is -2.09. The molecule has 7 heteroatoms. The second kappa shape index (κ2) is 11.5. The minimum atomic E-state index is 0.602. The summed E-state index contributed by atoms with van der Waals surface area (Å²) in [6, 6.07) is 16.8. The number of aromatic nitrogens is 7. The van der Waals surface area contributed by atoms with E-state index in [9.17, 15) is 0 Å². The van der Waals surface area contributed by atoms with Crippen molar-refractivity contribution in [2.45, 2.75) is 71.8 Å². The Morgan fingerprint density at radius 1 is 0.848 bits per heavy atom.